The molecule has 0 saturated carbocycles. The van der Waals surface area contributed by atoms with Gasteiger partial charge in [0.1, 0.15) is 0 Å². The van der Waals surface area contributed by atoms with Crippen LogP contribution in [0.5, 0.6) is 0 Å². The summed E-state index contributed by atoms with van der Waals surface area (Å²) in [6, 6.07) is 9.94. The molecule has 0 unspecified atom stereocenters. The largest absolute Gasteiger partial charge is 0.379 e. The Hall–Kier alpha value is -2.90. The number of nitrogens with one attached hydrogen (secondary N) is 3. The van der Waals surface area contributed by atoms with Crippen LogP contribution in [0.3, 0.4) is 0 Å². The summed E-state index contributed by atoms with van der Waals surface area (Å²) >= 11 is 0. The van der Waals surface area contributed by atoms with Gasteiger partial charge in [-0.2, -0.15) is 5.10 Å². The molecule has 0 atom stereocenters. The lowest BCUT2D eigenvalue weighted by Crippen LogP contribution is -2.38. The van der Waals surface area contributed by atoms with Gasteiger partial charge in [0.2, 0.25) is 0 Å². The average Bonchev–Trinajstić information content (AvgIpc) is 3.35. The summed E-state index contributed by atoms with van der Waals surface area (Å²) in [5.41, 5.74) is 3.71. The van der Waals surface area contributed by atoms with Crippen molar-refractivity contribution in [2.45, 2.75) is 6.42 Å². The maximum Gasteiger partial charge on any atom is 0.251 e. The fraction of sp³-hybridized carbons (Fsp3) is 0.333. The Morgan fingerprint density at radius 1 is 1.14 bits per heavy atom. The number of hydrogen-bond donors (Lipinski definition) is 3. The molecular formula is C21H23N5O2. The number of aromatic nitrogens is 3. The van der Waals surface area contributed by atoms with Crippen molar-refractivity contribution >= 4 is 38.6 Å². The fourth-order valence-electron chi connectivity index (χ4n) is 3.95. The number of ether oxygens (including phenoxy) is 1. The minimum Gasteiger partial charge on any atom is -0.379 e. The number of rotatable bonds is 5. The van der Waals surface area contributed by atoms with E-state index in [2.05, 4.69) is 31.5 Å². The van der Waals surface area contributed by atoms with E-state index in [4.69, 9.17) is 4.74 Å². The van der Waals surface area contributed by atoms with Crippen molar-refractivity contribution in [3.05, 3.63) is 42.1 Å². The Balaban J connectivity index is 1.31. The van der Waals surface area contributed by atoms with Gasteiger partial charge in [-0.1, -0.05) is 12.1 Å². The molecule has 0 radical (unpaired) electrons. The van der Waals surface area contributed by atoms with Crippen molar-refractivity contribution in [3.63, 3.8) is 0 Å². The van der Waals surface area contributed by atoms with E-state index in [1.807, 2.05) is 30.5 Å². The first-order valence-corrected chi connectivity index (χ1v) is 9.75. The van der Waals surface area contributed by atoms with E-state index < -0.39 is 0 Å². The van der Waals surface area contributed by atoms with Crippen LogP contribution in [-0.2, 0) is 4.74 Å². The van der Waals surface area contributed by atoms with Crippen LogP contribution in [0.25, 0.3) is 32.7 Å². The second-order valence-electron chi connectivity index (χ2n) is 7.27. The number of morpholine rings is 1. The molecule has 1 aliphatic heterocycles. The number of benzene rings is 2. The van der Waals surface area contributed by atoms with Crippen molar-refractivity contribution in [1.82, 2.24) is 25.4 Å². The highest BCUT2D eigenvalue weighted by atomic mass is 16.5. The SMILES string of the molecule is O=C(NCCCN1CCOCC1)c1ccc2[nH]c3c(ccc4cn[nH]c43)c2c1. The van der Waals surface area contributed by atoms with Gasteiger partial charge in [-0.25, -0.2) is 0 Å². The molecule has 5 rings (SSSR count). The fourth-order valence-corrected chi connectivity index (χ4v) is 3.95. The lowest BCUT2D eigenvalue weighted by molar-refractivity contribution is 0.0374. The number of carbonyl (C=O) groups is 1. The minimum absolute atomic E-state index is 0.0270. The predicted molar refractivity (Wildman–Crippen MR) is 110 cm³/mol. The summed E-state index contributed by atoms with van der Waals surface area (Å²) < 4.78 is 5.36. The van der Waals surface area contributed by atoms with E-state index in [0.29, 0.717) is 12.1 Å². The van der Waals surface area contributed by atoms with Gasteiger partial charge in [0.05, 0.1) is 30.4 Å². The summed E-state index contributed by atoms with van der Waals surface area (Å²) in [4.78, 5) is 18.4. The first kappa shape index (κ1) is 17.2. The van der Waals surface area contributed by atoms with Gasteiger partial charge in [-0.3, -0.25) is 14.8 Å². The smallest absolute Gasteiger partial charge is 0.251 e. The van der Waals surface area contributed by atoms with E-state index in [-0.39, 0.29) is 5.91 Å². The molecule has 7 nitrogen and oxygen atoms in total. The van der Waals surface area contributed by atoms with Crippen molar-refractivity contribution in [2.24, 2.45) is 0 Å². The molecule has 28 heavy (non-hydrogen) atoms. The number of fused-ring (bicyclic) bond motifs is 5. The summed E-state index contributed by atoms with van der Waals surface area (Å²) in [5, 5.41) is 13.4. The van der Waals surface area contributed by atoms with Crippen LogP contribution in [0.15, 0.2) is 36.5 Å². The Kier molecular flexibility index (Phi) is 4.46. The van der Waals surface area contributed by atoms with Crippen LogP contribution in [0, 0.1) is 0 Å². The molecule has 2 aromatic heterocycles. The van der Waals surface area contributed by atoms with Gasteiger partial charge in [0, 0.05) is 46.9 Å². The Labute approximate surface area is 162 Å². The maximum atomic E-state index is 12.6. The Morgan fingerprint density at radius 2 is 2.04 bits per heavy atom. The van der Waals surface area contributed by atoms with Crippen LogP contribution < -0.4 is 5.32 Å². The Bertz CT molecular complexity index is 1140. The average molecular weight is 377 g/mol. The number of H-pyrrole nitrogens is 2. The van der Waals surface area contributed by atoms with Gasteiger partial charge >= 0.3 is 0 Å². The maximum absolute atomic E-state index is 12.6. The summed E-state index contributed by atoms with van der Waals surface area (Å²) in [5.74, 6) is -0.0270. The van der Waals surface area contributed by atoms with E-state index in [9.17, 15) is 4.79 Å². The van der Waals surface area contributed by atoms with E-state index in [1.54, 1.807) is 0 Å². The van der Waals surface area contributed by atoms with Gasteiger partial charge in [0.25, 0.3) is 5.91 Å². The molecule has 3 N–H and O–H groups in total. The molecule has 2 aromatic carbocycles. The second kappa shape index (κ2) is 7.26. The molecular weight excluding hydrogens is 354 g/mol. The van der Waals surface area contributed by atoms with Crippen LogP contribution in [0.1, 0.15) is 16.8 Å². The van der Waals surface area contributed by atoms with Crippen molar-refractivity contribution in [1.29, 1.82) is 0 Å². The highest BCUT2D eigenvalue weighted by Crippen LogP contribution is 2.30. The third-order valence-corrected chi connectivity index (χ3v) is 5.49. The first-order valence-electron chi connectivity index (χ1n) is 9.75. The number of hydrogen-bond acceptors (Lipinski definition) is 4. The number of aromatic amines is 2. The third-order valence-electron chi connectivity index (χ3n) is 5.49. The zero-order valence-electron chi connectivity index (χ0n) is 15.6. The highest BCUT2D eigenvalue weighted by molar-refractivity contribution is 6.16. The molecule has 1 saturated heterocycles. The zero-order valence-corrected chi connectivity index (χ0v) is 15.6. The third kappa shape index (κ3) is 3.12. The van der Waals surface area contributed by atoms with Gasteiger partial charge in [0.15, 0.2) is 0 Å². The van der Waals surface area contributed by atoms with Gasteiger partial charge in [-0.15, -0.1) is 0 Å². The zero-order chi connectivity index (χ0) is 18.9. The first-order chi connectivity index (χ1) is 13.8. The number of amides is 1. The van der Waals surface area contributed by atoms with E-state index in [0.717, 1.165) is 72.0 Å². The lowest BCUT2D eigenvalue weighted by Gasteiger charge is -2.26. The summed E-state index contributed by atoms with van der Waals surface area (Å²) in [7, 11) is 0. The molecule has 1 aliphatic rings. The molecule has 0 aliphatic carbocycles. The second-order valence-corrected chi connectivity index (χ2v) is 7.27. The normalized spacial score (nSPS) is 15.6. The molecule has 1 amide bonds. The molecule has 4 aromatic rings. The van der Waals surface area contributed by atoms with Crippen molar-refractivity contribution in [2.75, 3.05) is 39.4 Å². The number of carbonyl (C=O) groups excluding carboxylic acids is 1. The van der Waals surface area contributed by atoms with Gasteiger partial charge < -0.3 is 15.0 Å². The van der Waals surface area contributed by atoms with Crippen LogP contribution >= 0.6 is 0 Å². The number of nitrogens with zero attached hydrogens (tertiary/aromatic N) is 2. The quantitative estimate of drug-likeness (QED) is 0.467. The molecule has 0 spiro atoms. The van der Waals surface area contributed by atoms with Crippen molar-refractivity contribution < 1.29 is 9.53 Å². The van der Waals surface area contributed by atoms with Crippen molar-refractivity contribution in [3.8, 4) is 0 Å². The van der Waals surface area contributed by atoms with Gasteiger partial charge in [-0.05, 0) is 31.2 Å². The monoisotopic (exact) mass is 377 g/mol. The van der Waals surface area contributed by atoms with Crippen LogP contribution in [0.4, 0.5) is 0 Å². The molecule has 3 heterocycles. The molecule has 144 valence electrons. The molecule has 7 heteroatoms. The van der Waals surface area contributed by atoms with Crippen LogP contribution in [-0.4, -0.2) is 65.4 Å². The Morgan fingerprint density at radius 3 is 2.93 bits per heavy atom. The lowest BCUT2D eigenvalue weighted by atomic mass is 10.1. The minimum atomic E-state index is -0.0270. The summed E-state index contributed by atoms with van der Waals surface area (Å²) in [6.07, 6.45) is 2.76. The predicted octanol–water partition coefficient (Wildman–Crippen LogP) is 2.65. The molecule has 0 bridgehead atoms. The van der Waals surface area contributed by atoms with E-state index >= 15 is 0 Å². The van der Waals surface area contributed by atoms with Crippen LogP contribution in [0.2, 0.25) is 0 Å². The van der Waals surface area contributed by atoms with E-state index in [1.165, 1.54) is 0 Å². The molecule has 1 fully saturated rings. The summed E-state index contributed by atoms with van der Waals surface area (Å²) in [6.45, 7) is 5.25. The standard InChI is InChI=1S/C21H23N5O2/c27-21(22-6-1-7-26-8-10-28-11-9-26)14-3-5-18-17(12-14)16-4-2-15-13-23-25-19(15)20(16)24-18/h2-5,12-13,24H,1,6-11H2,(H,22,27)(H,23,25). The highest BCUT2D eigenvalue weighted by Gasteiger charge is 2.13. The topological polar surface area (TPSA) is 86.0 Å².